The van der Waals surface area contributed by atoms with E-state index in [4.69, 9.17) is 5.26 Å². The van der Waals surface area contributed by atoms with Crippen LogP contribution in [0.5, 0.6) is 0 Å². The molecule has 0 aliphatic carbocycles. The summed E-state index contributed by atoms with van der Waals surface area (Å²) < 4.78 is 0.953. The second-order valence-corrected chi connectivity index (χ2v) is 4.70. The maximum atomic E-state index is 12.0. The Morgan fingerprint density at radius 2 is 2.10 bits per heavy atom. The van der Waals surface area contributed by atoms with E-state index in [0.29, 0.717) is 30.6 Å². The molecule has 0 bridgehead atoms. The van der Waals surface area contributed by atoms with E-state index < -0.39 is 11.5 Å². The van der Waals surface area contributed by atoms with E-state index in [1.807, 2.05) is 6.07 Å². The molecule has 1 aromatic rings. The number of likely N-dealkylation sites (tertiary alicyclic amines) is 1. The number of aryl methyl sites for hydroxylation is 1. The lowest BCUT2D eigenvalue weighted by Gasteiger charge is -2.14. The van der Waals surface area contributed by atoms with Crippen LogP contribution in [0.15, 0.2) is 4.79 Å². The molecule has 7 nitrogen and oxygen atoms in total. The fraction of sp³-hybridized carbons (Fsp3) is 0.462. The summed E-state index contributed by atoms with van der Waals surface area (Å²) in [5.74, 6) is -0.693. The fourth-order valence-electron chi connectivity index (χ4n) is 2.14. The molecule has 2 rings (SSSR count). The molecule has 1 aromatic heterocycles. The minimum atomic E-state index is -0.601. The van der Waals surface area contributed by atoms with Crippen LogP contribution in [-0.4, -0.2) is 33.0 Å². The van der Waals surface area contributed by atoms with Crippen molar-refractivity contribution in [3.8, 4) is 6.07 Å². The number of rotatable bonds is 2. The van der Waals surface area contributed by atoms with Crippen molar-refractivity contribution in [2.24, 2.45) is 0 Å². The smallest absolute Gasteiger partial charge is 0.281 e. The number of carbonyl (C=O) groups is 2. The standard InChI is InChI=1S/C13H14N4O3/c1-8-9(2)15-17(13(20)10(8)6-14)7-12(19)16-5-3-4-11(16)18/h3-5,7H2,1-2H3. The molecule has 0 unspecified atom stereocenters. The molecule has 2 amide bonds. The maximum Gasteiger partial charge on any atom is 0.285 e. The highest BCUT2D eigenvalue weighted by atomic mass is 16.2. The Bertz CT molecular complexity index is 684. The van der Waals surface area contributed by atoms with Gasteiger partial charge in [-0.1, -0.05) is 0 Å². The van der Waals surface area contributed by atoms with Crippen LogP contribution in [-0.2, 0) is 16.1 Å². The summed E-state index contributed by atoms with van der Waals surface area (Å²) in [5, 5.41) is 13.0. The number of hydrogen-bond acceptors (Lipinski definition) is 5. The lowest BCUT2D eigenvalue weighted by Crippen LogP contribution is -2.39. The van der Waals surface area contributed by atoms with Crippen LogP contribution in [0.4, 0.5) is 0 Å². The normalized spacial score (nSPS) is 14.4. The van der Waals surface area contributed by atoms with Gasteiger partial charge < -0.3 is 0 Å². The highest BCUT2D eigenvalue weighted by molar-refractivity contribution is 5.96. The van der Waals surface area contributed by atoms with Crippen LogP contribution in [0.1, 0.15) is 29.7 Å². The summed E-state index contributed by atoms with van der Waals surface area (Å²) in [4.78, 5) is 36.6. The van der Waals surface area contributed by atoms with Gasteiger partial charge in [0.15, 0.2) is 0 Å². The Balaban J connectivity index is 2.33. The molecule has 1 aliphatic rings. The number of nitriles is 1. The Kier molecular flexibility index (Phi) is 3.66. The molecular weight excluding hydrogens is 260 g/mol. The lowest BCUT2D eigenvalue weighted by molar-refractivity contribution is -0.142. The largest absolute Gasteiger partial charge is 0.285 e. The molecule has 104 valence electrons. The van der Waals surface area contributed by atoms with Crippen LogP contribution in [0, 0.1) is 25.2 Å². The molecule has 2 heterocycles. The van der Waals surface area contributed by atoms with Gasteiger partial charge in [-0.3, -0.25) is 19.3 Å². The van der Waals surface area contributed by atoms with Crippen LogP contribution in [0.3, 0.4) is 0 Å². The van der Waals surface area contributed by atoms with Crippen LogP contribution >= 0.6 is 0 Å². The minimum Gasteiger partial charge on any atom is -0.281 e. The SMILES string of the molecule is Cc1nn(CC(=O)N2CCCC2=O)c(=O)c(C#N)c1C. The average molecular weight is 274 g/mol. The first kappa shape index (κ1) is 13.9. The fourth-order valence-corrected chi connectivity index (χ4v) is 2.14. The first-order valence-corrected chi connectivity index (χ1v) is 6.27. The monoisotopic (exact) mass is 274 g/mol. The number of aromatic nitrogens is 2. The third-order valence-corrected chi connectivity index (χ3v) is 3.41. The van der Waals surface area contributed by atoms with E-state index in [9.17, 15) is 14.4 Å². The van der Waals surface area contributed by atoms with Gasteiger partial charge in [0.1, 0.15) is 18.2 Å². The zero-order chi connectivity index (χ0) is 14.9. The molecule has 1 saturated heterocycles. The molecule has 0 radical (unpaired) electrons. The van der Waals surface area contributed by atoms with Gasteiger partial charge in [-0.05, 0) is 25.8 Å². The van der Waals surface area contributed by atoms with Gasteiger partial charge in [0.2, 0.25) is 5.91 Å². The predicted molar refractivity (Wildman–Crippen MR) is 68.6 cm³/mol. The molecule has 0 atom stereocenters. The van der Waals surface area contributed by atoms with Crippen molar-refractivity contribution in [3.63, 3.8) is 0 Å². The second-order valence-electron chi connectivity index (χ2n) is 4.70. The molecule has 0 spiro atoms. The van der Waals surface area contributed by atoms with Crippen LogP contribution in [0.25, 0.3) is 0 Å². The molecule has 0 aromatic carbocycles. The molecular formula is C13H14N4O3. The molecule has 20 heavy (non-hydrogen) atoms. The number of hydrogen-bond donors (Lipinski definition) is 0. The van der Waals surface area contributed by atoms with Gasteiger partial charge >= 0.3 is 0 Å². The number of amides is 2. The molecule has 7 heteroatoms. The van der Waals surface area contributed by atoms with Gasteiger partial charge in [-0.2, -0.15) is 10.4 Å². The van der Waals surface area contributed by atoms with E-state index in [0.717, 1.165) is 9.58 Å². The third kappa shape index (κ3) is 2.32. The van der Waals surface area contributed by atoms with Crippen molar-refractivity contribution < 1.29 is 9.59 Å². The van der Waals surface area contributed by atoms with Gasteiger partial charge in [0, 0.05) is 13.0 Å². The van der Waals surface area contributed by atoms with Crippen LogP contribution < -0.4 is 5.56 Å². The van der Waals surface area contributed by atoms with Crippen molar-refractivity contribution in [2.45, 2.75) is 33.2 Å². The Hall–Kier alpha value is -2.49. The first-order chi connectivity index (χ1) is 9.45. The zero-order valence-electron chi connectivity index (χ0n) is 11.3. The molecule has 0 saturated carbocycles. The number of carbonyl (C=O) groups excluding carboxylic acids is 2. The van der Waals surface area contributed by atoms with Crippen molar-refractivity contribution in [2.75, 3.05) is 6.54 Å². The lowest BCUT2D eigenvalue weighted by atomic mass is 10.1. The Morgan fingerprint density at radius 3 is 2.65 bits per heavy atom. The Labute approximate surface area is 115 Å². The summed E-state index contributed by atoms with van der Waals surface area (Å²) in [5.41, 5.74) is 0.411. The molecule has 0 N–H and O–H groups in total. The minimum absolute atomic E-state index is 0.0157. The highest BCUT2D eigenvalue weighted by Crippen LogP contribution is 2.10. The van der Waals surface area contributed by atoms with Crippen molar-refractivity contribution in [1.29, 1.82) is 5.26 Å². The van der Waals surface area contributed by atoms with Crippen molar-refractivity contribution >= 4 is 11.8 Å². The summed E-state index contributed by atoms with van der Waals surface area (Å²) in [6.45, 7) is 3.36. The van der Waals surface area contributed by atoms with E-state index in [2.05, 4.69) is 5.10 Å². The maximum absolute atomic E-state index is 12.0. The first-order valence-electron chi connectivity index (χ1n) is 6.27. The summed E-state index contributed by atoms with van der Waals surface area (Å²) in [6.07, 6.45) is 0.994. The summed E-state index contributed by atoms with van der Waals surface area (Å²) >= 11 is 0. The predicted octanol–water partition coefficient (Wildman–Crippen LogP) is -0.119. The van der Waals surface area contributed by atoms with E-state index >= 15 is 0 Å². The molecule has 1 aliphatic heterocycles. The van der Waals surface area contributed by atoms with E-state index in [1.54, 1.807) is 13.8 Å². The van der Waals surface area contributed by atoms with Gasteiger partial charge in [0.25, 0.3) is 11.5 Å². The second kappa shape index (κ2) is 5.25. The van der Waals surface area contributed by atoms with E-state index in [1.165, 1.54) is 0 Å². The third-order valence-electron chi connectivity index (χ3n) is 3.41. The van der Waals surface area contributed by atoms with Crippen LogP contribution in [0.2, 0.25) is 0 Å². The van der Waals surface area contributed by atoms with Crippen molar-refractivity contribution in [1.82, 2.24) is 14.7 Å². The van der Waals surface area contributed by atoms with E-state index in [-0.39, 0.29) is 18.0 Å². The zero-order valence-corrected chi connectivity index (χ0v) is 11.3. The number of nitrogens with zero attached hydrogens (tertiary/aromatic N) is 4. The van der Waals surface area contributed by atoms with Gasteiger partial charge in [-0.15, -0.1) is 0 Å². The Morgan fingerprint density at radius 1 is 1.40 bits per heavy atom. The quantitative estimate of drug-likeness (QED) is 0.749. The molecule has 1 fully saturated rings. The summed E-state index contributed by atoms with van der Waals surface area (Å²) in [6, 6.07) is 1.83. The van der Waals surface area contributed by atoms with Gasteiger partial charge in [-0.25, -0.2) is 4.68 Å². The highest BCUT2D eigenvalue weighted by Gasteiger charge is 2.27. The topological polar surface area (TPSA) is 96.1 Å². The number of imide groups is 1. The summed E-state index contributed by atoms with van der Waals surface area (Å²) in [7, 11) is 0. The average Bonchev–Trinajstić information content (AvgIpc) is 2.83. The van der Waals surface area contributed by atoms with Crippen molar-refractivity contribution in [3.05, 3.63) is 27.2 Å². The van der Waals surface area contributed by atoms with Gasteiger partial charge in [0.05, 0.1) is 5.69 Å².